The van der Waals surface area contributed by atoms with Crippen LogP contribution in [0, 0.1) is 11.3 Å². The molecule has 0 unspecified atom stereocenters. The average Bonchev–Trinajstić information content (AvgIpc) is 2.78. The Morgan fingerprint density at radius 1 is 1.17 bits per heavy atom. The second-order valence-corrected chi connectivity index (χ2v) is 6.78. The van der Waals surface area contributed by atoms with E-state index in [1.165, 1.54) is 7.11 Å². The second-order valence-electron chi connectivity index (χ2n) is 6.78. The number of nitrogens with one attached hydrogen (secondary N) is 1. The zero-order valence-electron chi connectivity index (χ0n) is 17.2. The van der Waals surface area contributed by atoms with Crippen molar-refractivity contribution in [2.45, 2.75) is 6.54 Å². The van der Waals surface area contributed by atoms with Crippen molar-refractivity contribution in [3.63, 3.8) is 0 Å². The number of morpholine rings is 1. The molecule has 30 heavy (non-hydrogen) atoms. The van der Waals surface area contributed by atoms with Crippen molar-refractivity contribution >= 4 is 17.7 Å². The molecule has 0 aromatic heterocycles. The molecule has 1 heterocycles. The third-order valence-electron chi connectivity index (χ3n) is 4.83. The van der Waals surface area contributed by atoms with Crippen LogP contribution in [0.5, 0.6) is 11.5 Å². The van der Waals surface area contributed by atoms with Crippen molar-refractivity contribution in [2.75, 3.05) is 45.8 Å². The Morgan fingerprint density at radius 2 is 1.90 bits per heavy atom. The lowest BCUT2D eigenvalue weighted by molar-refractivity contribution is -0.112. The van der Waals surface area contributed by atoms with E-state index in [1.807, 2.05) is 30.3 Å². The highest BCUT2D eigenvalue weighted by molar-refractivity contribution is 6.10. The van der Waals surface area contributed by atoms with E-state index >= 15 is 0 Å². The number of hydrogen-bond donors (Lipinski definition) is 1. The first-order valence-corrected chi connectivity index (χ1v) is 9.67. The van der Waals surface area contributed by atoms with Gasteiger partial charge in [-0.15, -0.1) is 0 Å². The maximum Gasteiger partial charge on any atom is 0.266 e. The van der Waals surface area contributed by atoms with Crippen LogP contribution in [0.2, 0.25) is 0 Å². The Bertz CT molecular complexity index is 959. The molecule has 1 saturated heterocycles. The maximum atomic E-state index is 12.6. The number of nitriles is 1. The fraction of sp³-hybridized carbons (Fsp3) is 0.304. The lowest BCUT2D eigenvalue weighted by atomic mass is 10.1. The maximum absolute atomic E-state index is 12.6. The van der Waals surface area contributed by atoms with Gasteiger partial charge in [-0.2, -0.15) is 5.26 Å². The molecule has 2 aromatic rings. The summed E-state index contributed by atoms with van der Waals surface area (Å²) < 4.78 is 16.1. The normalized spacial score (nSPS) is 14.6. The Labute approximate surface area is 176 Å². The summed E-state index contributed by atoms with van der Waals surface area (Å²) in [5.41, 5.74) is 2.26. The largest absolute Gasteiger partial charge is 0.496 e. The van der Waals surface area contributed by atoms with E-state index in [9.17, 15) is 10.1 Å². The monoisotopic (exact) mass is 407 g/mol. The SMILES string of the molecule is COc1ccc(/C=C(\C#N)C(=O)Nc2ccccc2OC)cc1CN1CCOCC1. The van der Waals surface area contributed by atoms with E-state index in [0.29, 0.717) is 31.2 Å². The third kappa shape index (κ3) is 5.38. The van der Waals surface area contributed by atoms with Crippen LogP contribution in [0.15, 0.2) is 48.0 Å². The number of ether oxygens (including phenoxy) is 3. The lowest BCUT2D eigenvalue weighted by Gasteiger charge is -2.27. The molecule has 0 radical (unpaired) electrons. The molecule has 7 nitrogen and oxygen atoms in total. The molecule has 1 N–H and O–H groups in total. The quantitative estimate of drug-likeness (QED) is 0.561. The molecular formula is C23H25N3O4. The van der Waals surface area contributed by atoms with Crippen LogP contribution in [0.1, 0.15) is 11.1 Å². The Morgan fingerprint density at radius 3 is 2.60 bits per heavy atom. The fourth-order valence-electron chi connectivity index (χ4n) is 3.26. The van der Waals surface area contributed by atoms with Crippen LogP contribution in [0.25, 0.3) is 6.08 Å². The number of nitrogens with zero attached hydrogens (tertiary/aromatic N) is 2. The van der Waals surface area contributed by atoms with Gasteiger partial charge in [0.2, 0.25) is 0 Å². The molecule has 0 spiro atoms. The molecule has 1 aliphatic rings. The first-order chi connectivity index (χ1) is 14.6. The highest BCUT2D eigenvalue weighted by atomic mass is 16.5. The fourth-order valence-corrected chi connectivity index (χ4v) is 3.26. The van der Waals surface area contributed by atoms with Crippen molar-refractivity contribution in [3.05, 3.63) is 59.2 Å². The number of benzene rings is 2. The van der Waals surface area contributed by atoms with Crippen LogP contribution >= 0.6 is 0 Å². The number of para-hydroxylation sites is 2. The van der Waals surface area contributed by atoms with Gasteiger partial charge in [-0.05, 0) is 35.9 Å². The molecule has 0 atom stereocenters. The number of amides is 1. The van der Waals surface area contributed by atoms with Gasteiger partial charge in [0.15, 0.2) is 0 Å². The van der Waals surface area contributed by atoms with Crippen LogP contribution in [0.3, 0.4) is 0 Å². The number of methoxy groups -OCH3 is 2. The second kappa shape index (κ2) is 10.4. The predicted octanol–water partition coefficient (Wildman–Crippen LogP) is 3.08. The Hall–Kier alpha value is -3.34. The van der Waals surface area contributed by atoms with Crippen LogP contribution < -0.4 is 14.8 Å². The summed E-state index contributed by atoms with van der Waals surface area (Å²) in [6, 6.07) is 14.7. The smallest absolute Gasteiger partial charge is 0.266 e. The van der Waals surface area contributed by atoms with Gasteiger partial charge >= 0.3 is 0 Å². The number of hydrogen-bond acceptors (Lipinski definition) is 6. The highest BCUT2D eigenvalue weighted by Gasteiger charge is 2.15. The summed E-state index contributed by atoms with van der Waals surface area (Å²) in [5.74, 6) is 0.809. The summed E-state index contributed by atoms with van der Waals surface area (Å²) in [7, 11) is 3.16. The molecule has 1 fully saturated rings. The summed E-state index contributed by atoms with van der Waals surface area (Å²) in [6.45, 7) is 3.85. The number of carbonyl (C=O) groups is 1. The van der Waals surface area contributed by atoms with Crippen molar-refractivity contribution in [2.24, 2.45) is 0 Å². The lowest BCUT2D eigenvalue weighted by Crippen LogP contribution is -2.35. The predicted molar refractivity (Wildman–Crippen MR) is 114 cm³/mol. The van der Waals surface area contributed by atoms with Crippen molar-refractivity contribution < 1.29 is 19.0 Å². The Balaban J connectivity index is 1.81. The highest BCUT2D eigenvalue weighted by Crippen LogP contribution is 2.25. The molecule has 0 aliphatic carbocycles. The van der Waals surface area contributed by atoms with Crippen LogP contribution in [-0.2, 0) is 16.1 Å². The Kier molecular flexibility index (Phi) is 7.44. The topological polar surface area (TPSA) is 83.8 Å². The summed E-state index contributed by atoms with van der Waals surface area (Å²) in [6.07, 6.45) is 1.58. The van der Waals surface area contributed by atoms with Crippen LogP contribution in [0.4, 0.5) is 5.69 Å². The molecule has 1 amide bonds. The van der Waals surface area contributed by atoms with Gasteiger partial charge in [0, 0.05) is 25.2 Å². The molecule has 0 saturated carbocycles. The van der Waals surface area contributed by atoms with Gasteiger partial charge in [-0.3, -0.25) is 9.69 Å². The number of rotatable bonds is 7. The van der Waals surface area contributed by atoms with Gasteiger partial charge in [-0.25, -0.2) is 0 Å². The summed E-state index contributed by atoms with van der Waals surface area (Å²) in [5, 5.41) is 12.3. The molecule has 156 valence electrons. The van der Waals surface area contributed by atoms with Crippen LogP contribution in [-0.4, -0.2) is 51.3 Å². The molecule has 7 heteroatoms. The summed E-state index contributed by atoms with van der Waals surface area (Å²) in [4.78, 5) is 14.9. The first-order valence-electron chi connectivity index (χ1n) is 9.67. The van der Waals surface area contributed by atoms with E-state index in [1.54, 1.807) is 31.4 Å². The summed E-state index contributed by atoms with van der Waals surface area (Å²) >= 11 is 0. The van der Waals surface area contributed by atoms with Crippen molar-refractivity contribution in [1.29, 1.82) is 5.26 Å². The van der Waals surface area contributed by atoms with Gasteiger partial charge in [-0.1, -0.05) is 18.2 Å². The molecule has 3 rings (SSSR count). The zero-order chi connectivity index (χ0) is 21.3. The van der Waals surface area contributed by atoms with E-state index in [4.69, 9.17) is 14.2 Å². The number of anilines is 1. The van der Waals surface area contributed by atoms with Crippen molar-refractivity contribution in [3.8, 4) is 17.6 Å². The van der Waals surface area contributed by atoms with Gasteiger partial charge < -0.3 is 19.5 Å². The van der Waals surface area contributed by atoms with E-state index in [-0.39, 0.29) is 5.57 Å². The molecule has 2 aromatic carbocycles. The van der Waals surface area contributed by atoms with Crippen molar-refractivity contribution in [1.82, 2.24) is 4.90 Å². The number of carbonyl (C=O) groups excluding carboxylic acids is 1. The minimum Gasteiger partial charge on any atom is -0.496 e. The first kappa shape index (κ1) is 21.4. The standard InChI is InChI=1S/C23H25N3O4/c1-28-21-8-7-17(14-19(21)16-26-9-11-30-12-10-26)13-18(15-24)23(27)25-20-5-3-4-6-22(20)29-2/h3-8,13-14H,9-12,16H2,1-2H3,(H,25,27)/b18-13+. The minimum atomic E-state index is -0.493. The molecule has 1 aliphatic heterocycles. The molecular weight excluding hydrogens is 382 g/mol. The van der Waals surface area contributed by atoms with E-state index in [2.05, 4.69) is 10.2 Å². The average molecular weight is 407 g/mol. The van der Waals surface area contributed by atoms with E-state index < -0.39 is 5.91 Å². The minimum absolute atomic E-state index is 0.00314. The third-order valence-corrected chi connectivity index (χ3v) is 4.83. The van der Waals surface area contributed by atoms with Gasteiger partial charge in [0.05, 0.1) is 33.1 Å². The van der Waals surface area contributed by atoms with Gasteiger partial charge in [0.25, 0.3) is 5.91 Å². The van der Waals surface area contributed by atoms with Gasteiger partial charge in [0.1, 0.15) is 23.1 Å². The zero-order valence-corrected chi connectivity index (χ0v) is 17.2. The van der Waals surface area contributed by atoms with E-state index in [0.717, 1.165) is 30.0 Å². The molecule has 0 bridgehead atoms.